The molecule has 8 heteroatoms. The first-order valence-corrected chi connectivity index (χ1v) is 11.2. The maximum atomic E-state index is 13.2. The lowest BCUT2D eigenvalue weighted by atomic mass is 10.1. The van der Waals surface area contributed by atoms with Crippen molar-refractivity contribution in [1.29, 1.82) is 0 Å². The molecular weight excluding hydrogens is 382 g/mol. The second-order valence-electron chi connectivity index (χ2n) is 6.34. The Morgan fingerprint density at radius 1 is 1.11 bits per heavy atom. The Bertz CT molecular complexity index is 1150. The standard InChI is InChI=1S/C19H21N3O3S2/c1-13-7-5-10-17(14(13)2)22-18(23)15-8-3-4-9-16(15)21-19(22)26-11-6-12-27(20,24)25/h3-5,7-10H,6,11-12H2,1-2H3,(H2,20,24,25). The first-order valence-electron chi connectivity index (χ1n) is 8.49. The van der Waals surface area contributed by atoms with Gasteiger partial charge < -0.3 is 0 Å². The Morgan fingerprint density at radius 2 is 1.85 bits per heavy atom. The summed E-state index contributed by atoms with van der Waals surface area (Å²) in [5.41, 5.74) is 3.36. The predicted octanol–water partition coefficient (Wildman–Crippen LogP) is 2.77. The number of hydrogen-bond donors (Lipinski definition) is 1. The van der Waals surface area contributed by atoms with Crippen LogP contribution in [0.25, 0.3) is 16.6 Å². The maximum absolute atomic E-state index is 13.2. The van der Waals surface area contributed by atoms with Gasteiger partial charge in [0.1, 0.15) is 0 Å². The summed E-state index contributed by atoms with van der Waals surface area (Å²) in [6.07, 6.45) is 0.388. The van der Waals surface area contributed by atoms with Gasteiger partial charge in [0.15, 0.2) is 5.16 Å². The van der Waals surface area contributed by atoms with E-state index < -0.39 is 10.0 Å². The van der Waals surface area contributed by atoms with E-state index in [0.717, 1.165) is 16.8 Å². The molecule has 3 rings (SSSR count). The number of rotatable bonds is 6. The summed E-state index contributed by atoms with van der Waals surface area (Å²) < 4.78 is 23.9. The number of hydrogen-bond acceptors (Lipinski definition) is 5. The first kappa shape index (κ1) is 19.6. The molecule has 0 radical (unpaired) electrons. The van der Waals surface area contributed by atoms with Crippen molar-refractivity contribution in [3.8, 4) is 5.69 Å². The molecule has 0 fully saturated rings. The van der Waals surface area contributed by atoms with Crippen LogP contribution >= 0.6 is 11.8 Å². The molecule has 0 saturated carbocycles. The number of nitrogens with zero attached hydrogens (tertiary/aromatic N) is 2. The summed E-state index contributed by atoms with van der Waals surface area (Å²) in [4.78, 5) is 17.9. The van der Waals surface area contributed by atoms with Crippen molar-refractivity contribution in [2.75, 3.05) is 11.5 Å². The molecule has 2 aromatic carbocycles. The molecule has 0 aliphatic heterocycles. The largest absolute Gasteiger partial charge is 0.268 e. The van der Waals surface area contributed by atoms with Crippen LogP contribution in [-0.4, -0.2) is 29.5 Å². The summed E-state index contributed by atoms with van der Waals surface area (Å²) in [5, 5.41) is 6.15. The SMILES string of the molecule is Cc1cccc(-n2c(SCCCS(N)(=O)=O)nc3ccccc3c2=O)c1C. The lowest BCUT2D eigenvalue weighted by Gasteiger charge is -2.16. The molecule has 0 saturated heterocycles. The molecule has 0 bridgehead atoms. The van der Waals surface area contributed by atoms with Crippen LogP contribution in [0.2, 0.25) is 0 Å². The predicted molar refractivity (Wildman–Crippen MR) is 110 cm³/mol. The first-order chi connectivity index (χ1) is 12.8. The molecule has 1 heterocycles. The average molecular weight is 404 g/mol. The lowest BCUT2D eigenvalue weighted by molar-refractivity contribution is 0.596. The highest BCUT2D eigenvalue weighted by molar-refractivity contribution is 7.99. The summed E-state index contributed by atoms with van der Waals surface area (Å²) in [6, 6.07) is 13.0. The molecule has 0 amide bonds. The molecule has 1 aromatic heterocycles. The van der Waals surface area contributed by atoms with Gasteiger partial charge in [-0.15, -0.1) is 0 Å². The zero-order chi connectivity index (χ0) is 19.6. The number of para-hydroxylation sites is 1. The number of primary sulfonamides is 1. The van der Waals surface area contributed by atoms with Crippen molar-refractivity contribution in [1.82, 2.24) is 9.55 Å². The van der Waals surface area contributed by atoms with Crippen LogP contribution < -0.4 is 10.7 Å². The van der Waals surface area contributed by atoms with Gasteiger partial charge >= 0.3 is 0 Å². The molecule has 27 heavy (non-hydrogen) atoms. The molecule has 0 unspecified atom stereocenters. The number of nitrogens with two attached hydrogens (primary N) is 1. The van der Waals surface area contributed by atoms with Crippen LogP contribution in [-0.2, 0) is 10.0 Å². The number of benzene rings is 2. The van der Waals surface area contributed by atoms with Gasteiger partial charge in [-0.05, 0) is 49.6 Å². The quantitative estimate of drug-likeness (QED) is 0.388. The van der Waals surface area contributed by atoms with Gasteiger partial charge in [0.05, 0.1) is 22.3 Å². The fourth-order valence-corrected chi connectivity index (χ4v) is 4.50. The molecule has 0 aliphatic carbocycles. The summed E-state index contributed by atoms with van der Waals surface area (Å²) in [5.74, 6) is 0.396. The van der Waals surface area contributed by atoms with Gasteiger partial charge in [-0.25, -0.2) is 18.5 Å². The number of aromatic nitrogens is 2. The second kappa shape index (κ2) is 7.84. The van der Waals surface area contributed by atoms with Gasteiger partial charge in [0.2, 0.25) is 10.0 Å². The molecule has 142 valence electrons. The van der Waals surface area contributed by atoms with Crippen molar-refractivity contribution in [2.24, 2.45) is 5.14 Å². The van der Waals surface area contributed by atoms with E-state index in [1.54, 1.807) is 16.7 Å². The minimum atomic E-state index is -3.50. The van der Waals surface area contributed by atoms with E-state index in [9.17, 15) is 13.2 Å². The van der Waals surface area contributed by atoms with Crippen molar-refractivity contribution >= 4 is 32.7 Å². The Kier molecular flexibility index (Phi) is 5.69. The van der Waals surface area contributed by atoms with E-state index in [2.05, 4.69) is 4.98 Å². The highest BCUT2D eigenvalue weighted by Gasteiger charge is 2.15. The summed E-state index contributed by atoms with van der Waals surface area (Å²) in [7, 11) is -3.50. The summed E-state index contributed by atoms with van der Waals surface area (Å²) >= 11 is 1.36. The van der Waals surface area contributed by atoms with Crippen LogP contribution in [0.5, 0.6) is 0 Å². The number of aryl methyl sites for hydroxylation is 1. The molecule has 0 atom stereocenters. The van der Waals surface area contributed by atoms with E-state index in [1.807, 2.05) is 44.2 Å². The highest BCUT2D eigenvalue weighted by Crippen LogP contribution is 2.24. The average Bonchev–Trinajstić information content (AvgIpc) is 2.61. The van der Waals surface area contributed by atoms with E-state index in [-0.39, 0.29) is 11.3 Å². The zero-order valence-corrected chi connectivity index (χ0v) is 16.8. The monoisotopic (exact) mass is 403 g/mol. The smallest absolute Gasteiger partial charge is 0.266 e. The van der Waals surface area contributed by atoms with Crippen LogP contribution in [0.1, 0.15) is 17.5 Å². The van der Waals surface area contributed by atoms with Gasteiger partial charge in [-0.1, -0.05) is 36.0 Å². The van der Waals surface area contributed by atoms with E-state index >= 15 is 0 Å². The molecule has 6 nitrogen and oxygen atoms in total. The second-order valence-corrected chi connectivity index (χ2v) is 9.14. The maximum Gasteiger partial charge on any atom is 0.266 e. The Labute approximate surface area is 162 Å². The van der Waals surface area contributed by atoms with E-state index in [4.69, 9.17) is 5.14 Å². The van der Waals surface area contributed by atoms with Crippen LogP contribution in [0.4, 0.5) is 0 Å². The van der Waals surface area contributed by atoms with Crippen LogP contribution in [0.15, 0.2) is 52.4 Å². The van der Waals surface area contributed by atoms with Crippen LogP contribution in [0, 0.1) is 13.8 Å². The van der Waals surface area contributed by atoms with Crippen molar-refractivity contribution in [3.05, 3.63) is 63.9 Å². The molecule has 3 aromatic rings. The van der Waals surface area contributed by atoms with Crippen molar-refractivity contribution < 1.29 is 8.42 Å². The highest BCUT2D eigenvalue weighted by atomic mass is 32.2. The van der Waals surface area contributed by atoms with Gasteiger partial charge in [0.25, 0.3) is 5.56 Å². The number of fused-ring (bicyclic) bond motifs is 1. The number of sulfonamides is 1. The Hall–Kier alpha value is -2.16. The fourth-order valence-electron chi connectivity index (χ4n) is 2.82. The van der Waals surface area contributed by atoms with Crippen molar-refractivity contribution in [2.45, 2.75) is 25.4 Å². The van der Waals surface area contributed by atoms with E-state index in [0.29, 0.717) is 28.2 Å². The Morgan fingerprint density at radius 3 is 2.59 bits per heavy atom. The fraction of sp³-hybridized carbons (Fsp3) is 0.263. The van der Waals surface area contributed by atoms with Gasteiger partial charge in [-0.2, -0.15) is 0 Å². The minimum absolute atomic E-state index is 0.0959. The molecular formula is C19H21N3O3S2. The third kappa shape index (κ3) is 4.40. The topological polar surface area (TPSA) is 95.1 Å². The minimum Gasteiger partial charge on any atom is -0.268 e. The Balaban J connectivity index is 2.10. The third-order valence-electron chi connectivity index (χ3n) is 4.37. The zero-order valence-electron chi connectivity index (χ0n) is 15.2. The van der Waals surface area contributed by atoms with Gasteiger partial charge in [-0.3, -0.25) is 9.36 Å². The van der Waals surface area contributed by atoms with Gasteiger partial charge in [0, 0.05) is 5.75 Å². The molecule has 0 aliphatic rings. The van der Waals surface area contributed by atoms with Crippen molar-refractivity contribution in [3.63, 3.8) is 0 Å². The molecule has 2 N–H and O–H groups in total. The third-order valence-corrected chi connectivity index (χ3v) is 6.25. The van der Waals surface area contributed by atoms with Crippen LogP contribution in [0.3, 0.4) is 0 Å². The lowest BCUT2D eigenvalue weighted by Crippen LogP contribution is -2.23. The van der Waals surface area contributed by atoms with E-state index in [1.165, 1.54) is 11.8 Å². The summed E-state index contributed by atoms with van der Waals surface area (Å²) in [6.45, 7) is 3.97. The normalized spacial score (nSPS) is 11.8. The molecule has 0 spiro atoms. The number of thioether (sulfide) groups is 1.